The number of hydrogen-bond donors (Lipinski definition) is 2. The maximum atomic E-state index is 11.8. The summed E-state index contributed by atoms with van der Waals surface area (Å²) in [5.41, 5.74) is 1.99. The number of nitrogens with one attached hydrogen (secondary N) is 1. The molecule has 6 nitrogen and oxygen atoms in total. The van der Waals surface area contributed by atoms with Crippen LogP contribution in [0.2, 0.25) is 0 Å². The second-order valence-electron chi connectivity index (χ2n) is 5.66. The normalized spacial score (nSPS) is 17.8. The molecule has 1 fully saturated rings. The van der Waals surface area contributed by atoms with Crippen LogP contribution >= 0.6 is 11.9 Å². The first kappa shape index (κ1) is 15.2. The molecule has 2 aliphatic rings. The Kier molecular flexibility index (Phi) is 3.95. The molecule has 4 rings (SSSR count). The molecule has 0 radical (unpaired) electrons. The van der Waals surface area contributed by atoms with E-state index in [1.54, 1.807) is 12.3 Å². The second kappa shape index (κ2) is 6.26. The Hall–Kier alpha value is -2.38. The van der Waals surface area contributed by atoms with Crippen LogP contribution in [0.5, 0.6) is 0 Å². The van der Waals surface area contributed by atoms with Gasteiger partial charge in [0.05, 0.1) is 5.52 Å². The van der Waals surface area contributed by atoms with E-state index in [0.717, 1.165) is 47.5 Å². The van der Waals surface area contributed by atoms with Gasteiger partial charge in [-0.05, 0) is 23.8 Å². The fraction of sp³-hybridized carbons (Fsp3) is 0.235. The summed E-state index contributed by atoms with van der Waals surface area (Å²) >= 11 is 1.33. The monoisotopic (exact) mass is 340 g/mol. The minimum absolute atomic E-state index is 0.242. The van der Waals surface area contributed by atoms with Gasteiger partial charge in [0.15, 0.2) is 5.84 Å². The van der Waals surface area contributed by atoms with Crippen molar-refractivity contribution in [1.82, 2.24) is 15.2 Å². The molecule has 0 atom stereocenters. The van der Waals surface area contributed by atoms with Gasteiger partial charge in [-0.1, -0.05) is 12.1 Å². The maximum absolute atomic E-state index is 11.8. The highest BCUT2D eigenvalue weighted by atomic mass is 32.2. The number of benzene rings is 1. The number of rotatable bonds is 1. The number of pyridine rings is 1. The smallest absolute Gasteiger partial charge is 0.339 e. The molecule has 0 bridgehead atoms. The average molecular weight is 340 g/mol. The van der Waals surface area contributed by atoms with Crippen LogP contribution in [0.1, 0.15) is 5.56 Å². The van der Waals surface area contributed by atoms with E-state index in [2.05, 4.69) is 14.7 Å². The minimum Gasteiger partial charge on any atom is -0.478 e. The lowest BCUT2D eigenvalue weighted by molar-refractivity contribution is -0.132. The van der Waals surface area contributed by atoms with E-state index < -0.39 is 5.97 Å². The summed E-state index contributed by atoms with van der Waals surface area (Å²) in [6.45, 7) is 3.16. The van der Waals surface area contributed by atoms with Crippen molar-refractivity contribution in [3.8, 4) is 0 Å². The summed E-state index contributed by atoms with van der Waals surface area (Å²) in [7, 11) is 0. The number of amidine groups is 1. The van der Waals surface area contributed by atoms with E-state index in [1.807, 2.05) is 29.2 Å². The zero-order valence-corrected chi connectivity index (χ0v) is 13.7. The van der Waals surface area contributed by atoms with Crippen molar-refractivity contribution in [2.24, 2.45) is 4.40 Å². The van der Waals surface area contributed by atoms with Gasteiger partial charge in [-0.15, -0.1) is 0 Å². The van der Waals surface area contributed by atoms with Gasteiger partial charge in [-0.25, -0.2) is 4.79 Å². The molecule has 2 N–H and O–H groups in total. The third-order valence-electron chi connectivity index (χ3n) is 4.18. The number of nitrogens with zero attached hydrogens (tertiary/aromatic N) is 3. The van der Waals surface area contributed by atoms with Crippen LogP contribution in [-0.2, 0) is 4.79 Å². The molecule has 1 aromatic heterocycles. The Labute approximate surface area is 143 Å². The molecular formula is C17H16N4O2S. The number of carboxylic acid groups (broad SMARTS) is 1. The van der Waals surface area contributed by atoms with E-state index in [1.165, 1.54) is 11.9 Å². The molecule has 0 aliphatic carbocycles. The van der Waals surface area contributed by atoms with Crippen molar-refractivity contribution >= 4 is 40.7 Å². The molecule has 0 amide bonds. The first-order valence-corrected chi connectivity index (χ1v) is 8.55. The van der Waals surface area contributed by atoms with Crippen LogP contribution in [0, 0.1) is 0 Å². The topological polar surface area (TPSA) is 77.8 Å². The average Bonchev–Trinajstić information content (AvgIpc) is 2.82. The number of fused-ring (bicyclic) bond motifs is 3. The Bertz CT molecular complexity index is 872. The first-order valence-electron chi connectivity index (χ1n) is 7.78. The van der Waals surface area contributed by atoms with Crippen LogP contribution < -0.4 is 5.32 Å². The van der Waals surface area contributed by atoms with E-state index in [-0.39, 0.29) is 5.57 Å². The Morgan fingerprint density at radius 2 is 2.08 bits per heavy atom. The zero-order chi connectivity index (χ0) is 16.5. The van der Waals surface area contributed by atoms with Crippen molar-refractivity contribution < 1.29 is 9.90 Å². The van der Waals surface area contributed by atoms with Gasteiger partial charge in [0.1, 0.15) is 5.57 Å². The van der Waals surface area contributed by atoms with Gasteiger partial charge < -0.3 is 15.3 Å². The molecular weight excluding hydrogens is 324 g/mol. The fourth-order valence-electron chi connectivity index (χ4n) is 2.98. The van der Waals surface area contributed by atoms with Crippen LogP contribution in [0.4, 0.5) is 0 Å². The number of aromatic nitrogens is 1. The van der Waals surface area contributed by atoms with Crippen molar-refractivity contribution in [2.45, 2.75) is 4.90 Å². The van der Waals surface area contributed by atoms with Gasteiger partial charge in [0.2, 0.25) is 0 Å². The SMILES string of the molecule is O=C(O)C1=Cc2ccc3ncccc3c2SN=C1N1CCNCC1. The maximum Gasteiger partial charge on any atom is 0.339 e. The molecule has 2 aliphatic heterocycles. The third-order valence-corrected chi connectivity index (χ3v) is 5.08. The van der Waals surface area contributed by atoms with Crippen LogP contribution in [-0.4, -0.2) is 53.0 Å². The molecule has 0 unspecified atom stereocenters. The van der Waals surface area contributed by atoms with E-state index in [4.69, 9.17) is 0 Å². The summed E-state index contributed by atoms with van der Waals surface area (Å²) in [5, 5.41) is 14.0. The number of carboxylic acids is 1. The first-order chi connectivity index (χ1) is 11.7. The van der Waals surface area contributed by atoms with Crippen LogP contribution in [0.25, 0.3) is 17.0 Å². The molecule has 0 saturated carbocycles. The number of piperazine rings is 1. The molecule has 3 heterocycles. The Morgan fingerprint density at radius 1 is 1.25 bits per heavy atom. The van der Waals surface area contributed by atoms with Gasteiger partial charge in [-0.2, -0.15) is 4.40 Å². The summed E-state index contributed by atoms with van der Waals surface area (Å²) in [5.74, 6) is -0.408. The van der Waals surface area contributed by atoms with E-state index >= 15 is 0 Å². The lowest BCUT2D eigenvalue weighted by Crippen LogP contribution is -2.47. The summed E-state index contributed by atoms with van der Waals surface area (Å²) < 4.78 is 4.60. The van der Waals surface area contributed by atoms with Gasteiger partial charge in [0.25, 0.3) is 0 Å². The largest absolute Gasteiger partial charge is 0.478 e. The highest BCUT2D eigenvalue weighted by molar-refractivity contribution is 7.98. The summed E-state index contributed by atoms with van der Waals surface area (Å²) in [4.78, 5) is 19.2. The standard InChI is InChI=1S/C17H16N4O2S/c22-17(23)13-10-11-3-4-14-12(2-1-5-19-14)15(11)24-20-16(13)21-8-6-18-7-9-21/h1-5,10,18H,6-9H2,(H,22,23). The quantitative estimate of drug-likeness (QED) is 0.774. The predicted molar refractivity (Wildman–Crippen MR) is 95.1 cm³/mol. The molecule has 1 saturated heterocycles. The third kappa shape index (κ3) is 2.65. The van der Waals surface area contributed by atoms with Gasteiger partial charge >= 0.3 is 5.97 Å². The van der Waals surface area contributed by atoms with Crippen molar-refractivity contribution in [2.75, 3.05) is 26.2 Å². The molecule has 0 spiro atoms. The molecule has 24 heavy (non-hydrogen) atoms. The summed E-state index contributed by atoms with van der Waals surface area (Å²) in [6, 6.07) is 7.71. The number of hydrogen-bond acceptors (Lipinski definition) is 6. The number of carbonyl (C=O) groups is 1. The highest BCUT2D eigenvalue weighted by Crippen LogP contribution is 2.36. The van der Waals surface area contributed by atoms with Crippen LogP contribution in [0.15, 0.2) is 45.3 Å². The van der Waals surface area contributed by atoms with Gasteiger partial charge in [-0.3, -0.25) is 4.98 Å². The van der Waals surface area contributed by atoms with E-state index in [0.29, 0.717) is 5.84 Å². The Balaban J connectivity index is 1.85. The number of aliphatic carboxylic acids is 1. The summed E-state index contributed by atoms with van der Waals surface area (Å²) in [6.07, 6.45) is 3.48. The minimum atomic E-state index is -0.952. The lowest BCUT2D eigenvalue weighted by Gasteiger charge is -2.30. The van der Waals surface area contributed by atoms with Gasteiger partial charge in [0, 0.05) is 54.6 Å². The van der Waals surface area contributed by atoms with Crippen molar-refractivity contribution in [1.29, 1.82) is 0 Å². The molecule has 7 heteroatoms. The molecule has 1 aromatic carbocycles. The van der Waals surface area contributed by atoms with Crippen molar-refractivity contribution in [3.05, 3.63) is 41.6 Å². The highest BCUT2D eigenvalue weighted by Gasteiger charge is 2.26. The lowest BCUT2D eigenvalue weighted by atomic mass is 10.1. The molecule has 122 valence electrons. The zero-order valence-electron chi connectivity index (χ0n) is 12.9. The molecule has 2 aromatic rings. The fourth-order valence-corrected chi connectivity index (χ4v) is 3.87. The van der Waals surface area contributed by atoms with E-state index in [9.17, 15) is 9.90 Å². The van der Waals surface area contributed by atoms with Crippen LogP contribution in [0.3, 0.4) is 0 Å². The predicted octanol–water partition coefficient (Wildman–Crippen LogP) is 2.03. The second-order valence-corrected chi connectivity index (χ2v) is 6.43. The Morgan fingerprint density at radius 3 is 2.88 bits per heavy atom. The van der Waals surface area contributed by atoms with Crippen molar-refractivity contribution in [3.63, 3.8) is 0 Å².